The third-order valence-electron chi connectivity index (χ3n) is 5.73. The van der Waals surface area contributed by atoms with Crippen molar-refractivity contribution >= 4 is 34.3 Å². The van der Waals surface area contributed by atoms with E-state index >= 15 is 0 Å². The minimum Gasteiger partial charge on any atom is -0.463 e. The van der Waals surface area contributed by atoms with E-state index in [0.717, 1.165) is 5.39 Å². The fraction of sp³-hybridized carbons (Fsp3) is 0.160. The van der Waals surface area contributed by atoms with Crippen LogP contribution >= 0.6 is 11.6 Å². The van der Waals surface area contributed by atoms with Crippen molar-refractivity contribution in [3.63, 3.8) is 0 Å². The molecule has 1 fully saturated rings. The average molecular weight is 464 g/mol. The Morgan fingerprint density at radius 1 is 0.879 bits per heavy atom. The lowest BCUT2D eigenvalue weighted by Crippen LogP contribution is -2.50. The van der Waals surface area contributed by atoms with Crippen LogP contribution in [0.5, 0.6) is 0 Å². The summed E-state index contributed by atoms with van der Waals surface area (Å²) in [6.45, 7) is 1.26. The molecule has 0 bridgehead atoms. The van der Waals surface area contributed by atoms with Crippen LogP contribution in [-0.2, 0) is 0 Å². The molecular formula is C25H19ClFN3O3. The van der Waals surface area contributed by atoms with Gasteiger partial charge in [0.2, 0.25) is 0 Å². The van der Waals surface area contributed by atoms with Crippen LogP contribution in [0.15, 0.2) is 71.3 Å². The highest BCUT2D eigenvalue weighted by Gasteiger charge is 2.28. The number of aromatic nitrogens is 1. The highest BCUT2D eigenvalue weighted by molar-refractivity contribution is 6.31. The van der Waals surface area contributed by atoms with Crippen molar-refractivity contribution in [2.24, 2.45) is 0 Å². The number of para-hydroxylation sites is 1. The molecule has 0 atom stereocenters. The van der Waals surface area contributed by atoms with Gasteiger partial charge in [-0.05, 0) is 42.5 Å². The molecule has 3 heterocycles. The number of rotatable bonds is 3. The number of nitrogens with zero attached hydrogens (tertiary/aromatic N) is 3. The lowest BCUT2D eigenvalue weighted by molar-refractivity contribution is 0.0534. The lowest BCUT2D eigenvalue weighted by atomic mass is 10.0. The summed E-state index contributed by atoms with van der Waals surface area (Å²) >= 11 is 5.93. The Balaban J connectivity index is 1.38. The number of benzene rings is 2. The fourth-order valence-electron chi connectivity index (χ4n) is 4.02. The van der Waals surface area contributed by atoms with Crippen molar-refractivity contribution < 1.29 is 18.4 Å². The molecule has 0 spiro atoms. The minimum atomic E-state index is -0.614. The van der Waals surface area contributed by atoms with Gasteiger partial charge in [0, 0.05) is 36.6 Å². The number of amides is 2. The summed E-state index contributed by atoms with van der Waals surface area (Å²) in [6.07, 6.45) is 1.56. The smallest absolute Gasteiger partial charge is 0.257 e. The number of hydrogen-bond acceptors (Lipinski definition) is 4. The molecule has 4 aromatic rings. The zero-order chi connectivity index (χ0) is 22.9. The average Bonchev–Trinajstić information content (AvgIpc) is 3.39. The molecule has 8 heteroatoms. The van der Waals surface area contributed by atoms with E-state index < -0.39 is 11.7 Å². The van der Waals surface area contributed by atoms with Crippen LogP contribution in [0.3, 0.4) is 0 Å². The first-order valence-corrected chi connectivity index (χ1v) is 10.9. The van der Waals surface area contributed by atoms with Gasteiger partial charge in [-0.25, -0.2) is 9.37 Å². The number of pyridine rings is 1. The summed E-state index contributed by atoms with van der Waals surface area (Å²) in [7, 11) is 0. The Kier molecular flexibility index (Phi) is 5.56. The van der Waals surface area contributed by atoms with Crippen molar-refractivity contribution in [2.45, 2.75) is 0 Å². The molecule has 33 heavy (non-hydrogen) atoms. The second kappa shape index (κ2) is 8.67. The Morgan fingerprint density at radius 3 is 2.27 bits per heavy atom. The van der Waals surface area contributed by atoms with Crippen LogP contribution in [0.25, 0.3) is 22.4 Å². The van der Waals surface area contributed by atoms with Gasteiger partial charge in [-0.15, -0.1) is 0 Å². The summed E-state index contributed by atoms with van der Waals surface area (Å²) in [6, 6.07) is 16.7. The van der Waals surface area contributed by atoms with Gasteiger partial charge in [0.25, 0.3) is 11.8 Å². The third-order valence-corrected chi connectivity index (χ3v) is 5.97. The molecule has 2 amide bonds. The summed E-state index contributed by atoms with van der Waals surface area (Å²) in [5.41, 5.74) is 1.73. The SMILES string of the molecule is O=C(c1cc(Cl)ccc1F)N1CCN(C(=O)c2cc(-c3ccco3)nc3ccccc23)CC1. The van der Waals surface area contributed by atoms with Crippen molar-refractivity contribution in [1.29, 1.82) is 0 Å². The predicted molar refractivity (Wildman–Crippen MR) is 123 cm³/mol. The topological polar surface area (TPSA) is 66.7 Å². The highest BCUT2D eigenvalue weighted by atomic mass is 35.5. The number of piperazine rings is 1. The van der Waals surface area contributed by atoms with Gasteiger partial charge in [-0.2, -0.15) is 0 Å². The minimum absolute atomic E-state index is 0.0644. The highest BCUT2D eigenvalue weighted by Crippen LogP contribution is 2.27. The second-order valence-electron chi connectivity index (χ2n) is 7.76. The van der Waals surface area contributed by atoms with Crippen molar-refractivity contribution in [3.8, 4) is 11.5 Å². The van der Waals surface area contributed by atoms with E-state index in [-0.39, 0.29) is 11.5 Å². The predicted octanol–water partition coefficient (Wildman–Crippen LogP) is 4.89. The number of halogens is 2. The first-order chi connectivity index (χ1) is 16.0. The molecule has 2 aromatic heterocycles. The van der Waals surface area contributed by atoms with Gasteiger partial charge in [0.15, 0.2) is 5.76 Å². The largest absolute Gasteiger partial charge is 0.463 e. The molecule has 166 valence electrons. The second-order valence-corrected chi connectivity index (χ2v) is 8.19. The molecule has 6 nitrogen and oxygen atoms in total. The molecule has 0 saturated carbocycles. The normalized spacial score (nSPS) is 14.0. The van der Waals surface area contributed by atoms with E-state index in [1.54, 1.807) is 29.4 Å². The molecule has 5 rings (SSSR count). The molecule has 0 aliphatic carbocycles. The zero-order valence-electron chi connectivity index (χ0n) is 17.5. The van der Waals surface area contributed by atoms with E-state index in [1.807, 2.05) is 24.3 Å². The first kappa shape index (κ1) is 21.2. The van der Waals surface area contributed by atoms with Crippen LogP contribution in [0.2, 0.25) is 5.02 Å². The molecule has 2 aromatic carbocycles. The van der Waals surface area contributed by atoms with Crippen molar-refractivity contribution in [2.75, 3.05) is 26.2 Å². The maximum Gasteiger partial charge on any atom is 0.257 e. The quantitative estimate of drug-likeness (QED) is 0.434. The Hall–Kier alpha value is -3.71. The van der Waals surface area contributed by atoms with E-state index in [9.17, 15) is 14.0 Å². The van der Waals surface area contributed by atoms with Gasteiger partial charge in [-0.1, -0.05) is 29.8 Å². The molecule has 1 aliphatic rings. The van der Waals surface area contributed by atoms with Crippen LogP contribution in [-0.4, -0.2) is 52.8 Å². The van der Waals surface area contributed by atoms with E-state index in [1.165, 1.54) is 23.1 Å². The summed E-state index contributed by atoms with van der Waals surface area (Å²) in [5, 5.41) is 1.04. The van der Waals surface area contributed by atoms with Crippen molar-refractivity contribution in [1.82, 2.24) is 14.8 Å². The van der Waals surface area contributed by atoms with E-state index in [4.69, 9.17) is 16.0 Å². The number of carbonyl (C=O) groups excluding carboxylic acids is 2. The van der Waals surface area contributed by atoms with Gasteiger partial charge in [0.1, 0.15) is 11.5 Å². The summed E-state index contributed by atoms with van der Waals surface area (Å²) < 4.78 is 19.6. The molecule has 0 N–H and O–H groups in total. The van der Waals surface area contributed by atoms with Crippen LogP contribution in [0.4, 0.5) is 4.39 Å². The van der Waals surface area contributed by atoms with Crippen LogP contribution < -0.4 is 0 Å². The van der Waals surface area contributed by atoms with Gasteiger partial charge < -0.3 is 14.2 Å². The van der Waals surface area contributed by atoms with E-state index in [0.29, 0.717) is 53.7 Å². The fourth-order valence-corrected chi connectivity index (χ4v) is 4.19. The molecule has 0 unspecified atom stereocenters. The zero-order valence-corrected chi connectivity index (χ0v) is 18.3. The van der Waals surface area contributed by atoms with E-state index in [2.05, 4.69) is 4.98 Å². The van der Waals surface area contributed by atoms with Crippen LogP contribution in [0.1, 0.15) is 20.7 Å². The van der Waals surface area contributed by atoms with Gasteiger partial charge >= 0.3 is 0 Å². The lowest BCUT2D eigenvalue weighted by Gasteiger charge is -2.35. The molecule has 0 radical (unpaired) electrons. The monoisotopic (exact) mass is 463 g/mol. The van der Waals surface area contributed by atoms with Gasteiger partial charge in [-0.3, -0.25) is 9.59 Å². The third kappa shape index (κ3) is 4.07. The maximum absolute atomic E-state index is 14.1. The molecule has 1 saturated heterocycles. The van der Waals surface area contributed by atoms with Crippen molar-refractivity contribution in [3.05, 3.63) is 88.9 Å². The molecule has 1 aliphatic heterocycles. The first-order valence-electron chi connectivity index (χ1n) is 10.5. The number of furan rings is 1. The standard InChI is InChI=1S/C25H19ClFN3O3/c26-16-7-8-20(27)19(14-16)25(32)30-11-9-29(10-12-30)24(31)18-15-22(23-6-3-13-33-23)28-21-5-2-1-4-17(18)21/h1-8,13-15H,9-12H2. The Labute approximate surface area is 194 Å². The Bertz CT molecular complexity index is 1350. The number of hydrogen-bond donors (Lipinski definition) is 0. The number of carbonyl (C=O) groups is 2. The van der Waals surface area contributed by atoms with Gasteiger partial charge in [0.05, 0.1) is 22.9 Å². The maximum atomic E-state index is 14.1. The molecular weight excluding hydrogens is 445 g/mol. The summed E-state index contributed by atoms with van der Waals surface area (Å²) in [5.74, 6) is -0.621. The summed E-state index contributed by atoms with van der Waals surface area (Å²) in [4.78, 5) is 34.1. The Morgan fingerprint density at radius 2 is 1.58 bits per heavy atom. The number of fused-ring (bicyclic) bond motifs is 1. The van der Waals surface area contributed by atoms with Crippen LogP contribution in [0, 0.1) is 5.82 Å².